The van der Waals surface area contributed by atoms with E-state index in [1.807, 2.05) is 12.1 Å². The Bertz CT molecular complexity index is 2520. The molecule has 1 unspecified atom stereocenters. The summed E-state index contributed by atoms with van der Waals surface area (Å²) in [6.07, 6.45) is 0. The summed E-state index contributed by atoms with van der Waals surface area (Å²) in [4.78, 5) is 0. The molecule has 1 heteroatoms. The third-order valence-corrected chi connectivity index (χ3v) is 9.88. The molecule has 0 bridgehead atoms. The molecular weight excluding hydrogens is 605 g/mol. The van der Waals surface area contributed by atoms with Gasteiger partial charge in [0.05, 0.1) is 0 Å². The van der Waals surface area contributed by atoms with Crippen molar-refractivity contribution in [1.82, 2.24) is 0 Å². The fraction of sp³-hybridized carbons (Fsp3) is 0.0204. The zero-order chi connectivity index (χ0) is 33.3. The van der Waals surface area contributed by atoms with Gasteiger partial charge < -0.3 is 4.42 Å². The van der Waals surface area contributed by atoms with Crippen LogP contribution < -0.4 is 0 Å². The maximum Gasteiger partial charge on any atom is 0.136 e. The third kappa shape index (κ3) is 5.70. The first-order valence-corrected chi connectivity index (χ1v) is 17.2. The van der Waals surface area contributed by atoms with Gasteiger partial charge in [0.2, 0.25) is 0 Å². The molecule has 1 heterocycles. The molecule has 0 aliphatic rings. The van der Waals surface area contributed by atoms with E-state index in [-0.39, 0.29) is 5.92 Å². The second kappa shape index (κ2) is 12.9. The van der Waals surface area contributed by atoms with Gasteiger partial charge in [0.1, 0.15) is 11.2 Å². The lowest BCUT2D eigenvalue weighted by Gasteiger charge is -2.20. The molecule has 8 aromatic carbocycles. The van der Waals surface area contributed by atoms with E-state index in [4.69, 9.17) is 4.42 Å². The second-order valence-corrected chi connectivity index (χ2v) is 12.9. The van der Waals surface area contributed by atoms with E-state index in [1.54, 1.807) is 0 Å². The van der Waals surface area contributed by atoms with Crippen LogP contribution >= 0.6 is 0 Å². The van der Waals surface area contributed by atoms with Crippen molar-refractivity contribution in [2.75, 3.05) is 0 Å². The van der Waals surface area contributed by atoms with Gasteiger partial charge >= 0.3 is 0 Å². The summed E-state index contributed by atoms with van der Waals surface area (Å²) >= 11 is 0. The Labute approximate surface area is 292 Å². The Morgan fingerprint density at radius 1 is 0.260 bits per heavy atom. The molecule has 0 aliphatic heterocycles. The van der Waals surface area contributed by atoms with E-state index in [2.05, 4.69) is 188 Å². The maximum atomic E-state index is 6.20. The van der Waals surface area contributed by atoms with Crippen LogP contribution in [0.2, 0.25) is 0 Å². The van der Waals surface area contributed by atoms with Gasteiger partial charge in [-0.05, 0) is 79.4 Å². The summed E-state index contributed by atoms with van der Waals surface area (Å²) in [6.45, 7) is 0. The summed E-state index contributed by atoms with van der Waals surface area (Å²) < 4.78 is 6.20. The Morgan fingerprint density at radius 3 is 1.08 bits per heavy atom. The Kier molecular flexibility index (Phi) is 7.64. The number of para-hydroxylation sites is 1. The van der Waals surface area contributed by atoms with Crippen LogP contribution in [0.25, 0.3) is 66.4 Å². The maximum absolute atomic E-state index is 6.20. The van der Waals surface area contributed by atoms with Gasteiger partial charge in [-0.15, -0.1) is 0 Å². The van der Waals surface area contributed by atoms with Gasteiger partial charge in [0.25, 0.3) is 0 Å². The molecule has 1 atom stereocenters. The van der Waals surface area contributed by atoms with Gasteiger partial charge in [-0.25, -0.2) is 0 Å². The summed E-state index contributed by atoms with van der Waals surface area (Å²) in [7, 11) is 0. The zero-order valence-electron chi connectivity index (χ0n) is 27.5. The number of hydrogen-bond acceptors (Lipinski definition) is 1. The van der Waals surface area contributed by atoms with Crippen LogP contribution in [0.5, 0.6) is 0 Å². The highest BCUT2D eigenvalue weighted by molar-refractivity contribution is 6.05. The van der Waals surface area contributed by atoms with Crippen LogP contribution in [0.1, 0.15) is 22.6 Å². The predicted molar refractivity (Wildman–Crippen MR) is 209 cm³/mol. The van der Waals surface area contributed by atoms with Gasteiger partial charge in [0.15, 0.2) is 0 Å². The highest BCUT2D eigenvalue weighted by Gasteiger charge is 2.18. The molecule has 0 amide bonds. The summed E-state index contributed by atoms with van der Waals surface area (Å²) in [5.74, 6) is 0.0845. The normalized spacial score (nSPS) is 11.9. The molecule has 9 rings (SSSR count). The van der Waals surface area contributed by atoms with E-state index in [0.717, 1.165) is 27.5 Å². The first-order valence-electron chi connectivity index (χ1n) is 17.2. The first-order chi connectivity index (χ1) is 24.8. The minimum atomic E-state index is 0.0845. The number of fused-ring (bicyclic) bond motifs is 3. The average molecular weight is 639 g/mol. The SMILES string of the molecule is c1ccc(-c2ccc(-c3ccc(C(c4ccc(-c5ccccc5)cc4)c4ccc(-c5ccc6c(c5)oc5ccccc56)cc4)cc3)cc2)cc1. The lowest BCUT2D eigenvalue weighted by atomic mass is 9.83. The van der Waals surface area contributed by atoms with Gasteiger partial charge in [-0.2, -0.15) is 0 Å². The van der Waals surface area contributed by atoms with Crippen molar-refractivity contribution in [1.29, 1.82) is 0 Å². The Morgan fingerprint density at radius 2 is 0.600 bits per heavy atom. The molecule has 1 aromatic heterocycles. The van der Waals surface area contributed by atoms with E-state index in [9.17, 15) is 0 Å². The zero-order valence-corrected chi connectivity index (χ0v) is 27.5. The van der Waals surface area contributed by atoms with Crippen LogP contribution in [0, 0.1) is 0 Å². The molecule has 1 nitrogen and oxygen atoms in total. The fourth-order valence-corrected chi connectivity index (χ4v) is 7.20. The van der Waals surface area contributed by atoms with Gasteiger partial charge in [0, 0.05) is 16.7 Å². The van der Waals surface area contributed by atoms with Crippen molar-refractivity contribution in [2.45, 2.75) is 5.92 Å². The van der Waals surface area contributed by atoms with Crippen LogP contribution in [0.4, 0.5) is 0 Å². The lowest BCUT2D eigenvalue weighted by Crippen LogP contribution is -2.03. The molecule has 236 valence electrons. The van der Waals surface area contributed by atoms with Crippen LogP contribution in [0.15, 0.2) is 205 Å². The van der Waals surface area contributed by atoms with Crippen LogP contribution in [-0.4, -0.2) is 0 Å². The molecule has 0 saturated carbocycles. The van der Waals surface area contributed by atoms with E-state index in [0.29, 0.717) is 0 Å². The molecule has 9 aromatic rings. The van der Waals surface area contributed by atoms with Gasteiger partial charge in [-0.3, -0.25) is 0 Å². The first kappa shape index (κ1) is 29.7. The smallest absolute Gasteiger partial charge is 0.136 e. The van der Waals surface area contributed by atoms with Crippen LogP contribution in [-0.2, 0) is 0 Å². The summed E-state index contributed by atoms with van der Waals surface area (Å²) in [5, 5.41) is 2.30. The number of furan rings is 1. The molecule has 0 saturated heterocycles. The van der Waals surface area contributed by atoms with E-state index in [1.165, 1.54) is 55.6 Å². The molecule has 0 fully saturated rings. The average Bonchev–Trinajstić information content (AvgIpc) is 3.58. The summed E-state index contributed by atoms with van der Waals surface area (Å²) in [5.41, 5.74) is 15.3. The molecule has 0 spiro atoms. The monoisotopic (exact) mass is 638 g/mol. The molecule has 50 heavy (non-hydrogen) atoms. The van der Waals surface area contributed by atoms with Crippen molar-refractivity contribution in [3.8, 4) is 44.5 Å². The topological polar surface area (TPSA) is 13.1 Å². The standard InChI is InChI=1S/C49H34O/c1-3-9-34(10-4-1)36-15-17-38(18-16-36)39-21-27-42(28-22-39)49(41-25-19-37(20-26-41)35-11-5-2-6-12-35)43-29-23-40(24-30-43)44-31-32-46-45-13-7-8-14-47(45)50-48(46)33-44/h1-33,49H. The van der Waals surface area contributed by atoms with Crippen molar-refractivity contribution in [3.05, 3.63) is 217 Å². The highest BCUT2D eigenvalue weighted by Crippen LogP contribution is 2.37. The van der Waals surface area contributed by atoms with Crippen molar-refractivity contribution >= 4 is 21.9 Å². The van der Waals surface area contributed by atoms with Crippen molar-refractivity contribution < 1.29 is 4.42 Å². The van der Waals surface area contributed by atoms with Gasteiger partial charge in [-0.1, -0.05) is 182 Å². The van der Waals surface area contributed by atoms with Crippen LogP contribution in [0.3, 0.4) is 0 Å². The predicted octanol–water partition coefficient (Wildman–Crippen LogP) is 13.4. The second-order valence-electron chi connectivity index (χ2n) is 12.9. The number of rotatable bonds is 7. The fourth-order valence-electron chi connectivity index (χ4n) is 7.20. The number of hydrogen-bond donors (Lipinski definition) is 0. The molecule has 0 aliphatic carbocycles. The Balaban J connectivity index is 1.05. The third-order valence-electron chi connectivity index (χ3n) is 9.88. The largest absolute Gasteiger partial charge is 0.456 e. The quantitative estimate of drug-likeness (QED) is 0.158. The highest BCUT2D eigenvalue weighted by atomic mass is 16.3. The Hall–Kier alpha value is -6.44. The van der Waals surface area contributed by atoms with E-state index >= 15 is 0 Å². The molecule has 0 N–H and O–H groups in total. The molecule has 0 radical (unpaired) electrons. The number of benzene rings is 8. The van der Waals surface area contributed by atoms with E-state index < -0.39 is 0 Å². The minimum Gasteiger partial charge on any atom is -0.456 e. The van der Waals surface area contributed by atoms with Crippen molar-refractivity contribution in [3.63, 3.8) is 0 Å². The molecular formula is C49H34O. The lowest BCUT2D eigenvalue weighted by molar-refractivity contribution is 0.669. The summed E-state index contributed by atoms with van der Waals surface area (Å²) in [6, 6.07) is 72.0. The minimum absolute atomic E-state index is 0.0845. The van der Waals surface area contributed by atoms with Crippen molar-refractivity contribution in [2.24, 2.45) is 0 Å².